The van der Waals surface area contributed by atoms with Gasteiger partial charge in [-0.1, -0.05) is 0 Å². The number of thiophene rings is 2. The molecule has 0 saturated heterocycles. The van der Waals surface area contributed by atoms with Gasteiger partial charge in [-0.2, -0.15) is 0 Å². The number of halogens is 10. The first-order valence-electron chi connectivity index (χ1n) is 15.2. The highest BCUT2D eigenvalue weighted by Gasteiger charge is 2.55. The molecule has 0 radical (unpaired) electrons. The van der Waals surface area contributed by atoms with Gasteiger partial charge < -0.3 is 26.4 Å². The van der Waals surface area contributed by atoms with Crippen LogP contribution in [0.1, 0.15) is 21.0 Å². The van der Waals surface area contributed by atoms with Gasteiger partial charge in [-0.25, -0.2) is 35.1 Å². The standard InChI is InChI=1S/C35H15BF10N2O2S2/c1-12-3-5-24(51-12)22-8-16-20(49-22)10-18-26(27-32(41)34(43)29(35(44)33(27)42)28-30(39)14(37)7-15(38)31(28)40)19-11-21-17(48(19)36(45,46)47(16)18)9-23(50-21)25-6-4-13(2)52-25/h3-11H,1-2H3. The Morgan fingerprint density at radius 2 is 1.17 bits per heavy atom. The number of nitrogens with zero attached hydrogens (tertiary/aromatic N) is 2. The van der Waals surface area contributed by atoms with Gasteiger partial charge in [0.2, 0.25) is 5.36 Å². The zero-order chi connectivity index (χ0) is 36.7. The number of hydrogen-bond acceptors (Lipinski definition) is 4. The number of allylic oxidation sites excluding steroid dienone is 1. The highest BCUT2D eigenvalue weighted by molar-refractivity contribution is 7.15. The highest BCUT2D eigenvalue weighted by atomic mass is 32.1. The maximum absolute atomic E-state index is 17.1. The van der Waals surface area contributed by atoms with Crippen LogP contribution in [0.25, 0.3) is 55.2 Å². The van der Waals surface area contributed by atoms with E-state index in [1.807, 2.05) is 13.8 Å². The van der Waals surface area contributed by atoms with Gasteiger partial charge in [0.1, 0.15) is 11.3 Å². The topological polar surface area (TPSA) is 34.2 Å². The van der Waals surface area contributed by atoms with E-state index in [9.17, 15) is 17.6 Å². The van der Waals surface area contributed by atoms with E-state index >= 15 is 26.2 Å². The van der Waals surface area contributed by atoms with Crippen LogP contribution in [-0.4, -0.2) is 11.4 Å². The van der Waals surface area contributed by atoms with Crippen LogP contribution in [0, 0.1) is 60.4 Å². The molecule has 0 unspecified atom stereocenters. The summed E-state index contributed by atoms with van der Waals surface area (Å²) in [4.78, 5) is 2.94. The molecule has 0 saturated carbocycles. The Morgan fingerprint density at radius 3 is 1.73 bits per heavy atom. The molecule has 17 heteroatoms. The molecule has 9 rings (SSSR count). The summed E-state index contributed by atoms with van der Waals surface area (Å²) in [7, 11) is 0. The zero-order valence-electron chi connectivity index (χ0n) is 26.1. The molecule has 4 nitrogen and oxygen atoms in total. The molecule has 7 aromatic rings. The number of benzene rings is 2. The average Bonchev–Trinajstić information content (AvgIpc) is 3.92. The first kappa shape index (κ1) is 32.6. The van der Waals surface area contributed by atoms with Gasteiger partial charge in [-0.15, -0.1) is 22.7 Å². The minimum atomic E-state index is -4.97. The van der Waals surface area contributed by atoms with E-state index in [1.165, 1.54) is 34.8 Å². The largest absolute Gasteiger partial charge is 0.738 e. The van der Waals surface area contributed by atoms with Crippen molar-refractivity contribution in [3.8, 4) is 32.4 Å². The van der Waals surface area contributed by atoms with Crippen molar-refractivity contribution >= 4 is 52.4 Å². The number of furan rings is 2. The number of aryl methyl sites for hydroxylation is 2. The summed E-state index contributed by atoms with van der Waals surface area (Å²) in [6, 6.07) is 10.3. The summed E-state index contributed by atoms with van der Waals surface area (Å²) < 4.78 is 169. The molecular formula is C35H15BF10N2O2S2. The van der Waals surface area contributed by atoms with Crippen LogP contribution in [0.4, 0.5) is 43.8 Å². The molecule has 2 aliphatic rings. The van der Waals surface area contributed by atoms with E-state index in [-0.39, 0.29) is 39.5 Å². The fraction of sp³-hybridized carbons (Fsp3) is 0.0571. The minimum Gasteiger partial charge on any atom is -0.454 e. The fourth-order valence-electron chi connectivity index (χ4n) is 6.82. The van der Waals surface area contributed by atoms with E-state index < -0.39 is 87.2 Å². The maximum Gasteiger partial charge on any atom is 0.738 e. The second kappa shape index (κ2) is 10.9. The number of aromatic nitrogens is 1. The van der Waals surface area contributed by atoms with E-state index in [0.29, 0.717) is 18.7 Å². The van der Waals surface area contributed by atoms with Gasteiger partial charge in [0.25, 0.3) is 0 Å². The number of hydrogen-bond donors (Lipinski definition) is 0. The van der Waals surface area contributed by atoms with E-state index in [2.05, 4.69) is 0 Å². The number of fused-ring (bicyclic) bond motifs is 5. The minimum absolute atomic E-state index is 0.170. The van der Waals surface area contributed by atoms with Crippen molar-refractivity contribution in [3.05, 3.63) is 133 Å². The summed E-state index contributed by atoms with van der Waals surface area (Å²) in [5.74, 6) is -17.9. The number of rotatable bonds is 4. The molecule has 7 heterocycles. The van der Waals surface area contributed by atoms with Crippen molar-refractivity contribution in [1.82, 2.24) is 8.96 Å². The highest BCUT2D eigenvalue weighted by Crippen LogP contribution is 2.46. The monoisotopic (exact) mass is 760 g/mol. The molecule has 2 aromatic carbocycles. The SMILES string of the molecule is Cc1ccc(-c2cc3c(o2)=CC2=C(c4c(F)c(F)c(-c5c(F)c(F)cc(F)c5F)c(F)c4F)c4cc5oc(-c6ccc(C)s6)cc5n4[B-](F)(F)[N+]=32)s1. The van der Waals surface area contributed by atoms with Crippen molar-refractivity contribution in [2.75, 3.05) is 0 Å². The summed E-state index contributed by atoms with van der Waals surface area (Å²) >= 11 is 2.62. The van der Waals surface area contributed by atoms with Crippen molar-refractivity contribution in [3.63, 3.8) is 0 Å². The van der Waals surface area contributed by atoms with Crippen molar-refractivity contribution < 1.29 is 52.6 Å². The van der Waals surface area contributed by atoms with Gasteiger partial charge in [0.05, 0.1) is 49.7 Å². The predicted molar refractivity (Wildman–Crippen MR) is 175 cm³/mol. The summed E-state index contributed by atoms with van der Waals surface area (Å²) in [6.07, 6.45) is 1.02. The Labute approximate surface area is 292 Å². The van der Waals surface area contributed by atoms with Gasteiger partial charge in [-0.3, -0.25) is 0 Å². The van der Waals surface area contributed by atoms with Crippen LogP contribution < -0.4 is 15.3 Å². The van der Waals surface area contributed by atoms with Gasteiger partial charge >= 0.3 is 6.97 Å². The van der Waals surface area contributed by atoms with E-state index in [4.69, 9.17) is 8.83 Å². The van der Waals surface area contributed by atoms with Crippen LogP contribution >= 0.6 is 22.7 Å². The van der Waals surface area contributed by atoms with Crippen molar-refractivity contribution in [1.29, 1.82) is 0 Å². The third-order valence-corrected chi connectivity index (χ3v) is 11.1. The molecule has 2 aliphatic heterocycles. The van der Waals surface area contributed by atoms with Crippen LogP contribution in [0.15, 0.2) is 63.1 Å². The Hall–Kier alpha value is -5.29. The Bertz CT molecular complexity index is 2860. The first-order chi connectivity index (χ1) is 24.7. The summed E-state index contributed by atoms with van der Waals surface area (Å²) in [6.45, 7) is -1.33. The average molecular weight is 760 g/mol. The zero-order valence-corrected chi connectivity index (χ0v) is 27.7. The molecule has 0 N–H and O–H groups in total. The molecule has 0 fully saturated rings. The van der Waals surface area contributed by atoms with Gasteiger partial charge in [-0.05, 0) is 38.1 Å². The normalized spacial score (nSPS) is 14.7. The maximum atomic E-state index is 17.1. The quantitative estimate of drug-likeness (QED) is 0.102. The summed E-state index contributed by atoms with van der Waals surface area (Å²) in [5, 5.41) is -0.235. The second-order valence-corrected chi connectivity index (χ2v) is 14.7. The molecule has 0 aliphatic carbocycles. The summed E-state index contributed by atoms with van der Waals surface area (Å²) in [5.41, 5.74) is -8.32. The molecule has 0 bridgehead atoms. The molecule has 262 valence electrons. The molecule has 52 heavy (non-hydrogen) atoms. The Morgan fingerprint density at radius 1 is 0.635 bits per heavy atom. The fourth-order valence-corrected chi connectivity index (χ4v) is 8.46. The van der Waals surface area contributed by atoms with Crippen molar-refractivity contribution in [2.45, 2.75) is 13.8 Å². The van der Waals surface area contributed by atoms with E-state index in [1.54, 1.807) is 24.3 Å². The molecular weight excluding hydrogens is 745 g/mol. The van der Waals surface area contributed by atoms with E-state index in [0.717, 1.165) is 21.9 Å². The van der Waals surface area contributed by atoms with Gasteiger partial charge in [0.15, 0.2) is 63.4 Å². The third-order valence-electron chi connectivity index (χ3n) is 9.03. The third kappa shape index (κ3) is 4.32. The molecule has 0 atom stereocenters. The smallest absolute Gasteiger partial charge is 0.454 e. The van der Waals surface area contributed by atoms with Gasteiger partial charge in [0, 0.05) is 33.6 Å². The lowest BCUT2D eigenvalue weighted by Gasteiger charge is -2.31. The lowest BCUT2D eigenvalue weighted by molar-refractivity contribution is 0.439. The molecule has 0 amide bonds. The Balaban J connectivity index is 1.37. The lowest BCUT2D eigenvalue weighted by Crippen LogP contribution is -2.56. The predicted octanol–water partition coefficient (Wildman–Crippen LogP) is 9.66. The second-order valence-electron chi connectivity index (χ2n) is 12.2. The van der Waals surface area contributed by atoms with Crippen molar-refractivity contribution in [2.24, 2.45) is 0 Å². The van der Waals surface area contributed by atoms with Crippen LogP contribution in [0.5, 0.6) is 0 Å². The van der Waals surface area contributed by atoms with Crippen LogP contribution in [0.2, 0.25) is 0 Å². The Kier molecular flexibility index (Phi) is 6.81. The lowest BCUT2D eigenvalue weighted by atomic mass is 9.85. The first-order valence-corrected chi connectivity index (χ1v) is 16.8. The molecule has 0 spiro atoms. The molecule has 5 aromatic heterocycles. The van der Waals surface area contributed by atoms with Crippen LogP contribution in [-0.2, 0) is 0 Å². The van der Waals surface area contributed by atoms with Crippen LogP contribution in [0.3, 0.4) is 0 Å².